The van der Waals surface area contributed by atoms with Crippen LogP contribution in [0.3, 0.4) is 0 Å². The van der Waals surface area contributed by atoms with Crippen LogP contribution in [-0.2, 0) is 0 Å². The van der Waals surface area contributed by atoms with Gasteiger partial charge < -0.3 is 0 Å². The second kappa shape index (κ2) is 6.79. The van der Waals surface area contributed by atoms with Gasteiger partial charge in [0, 0.05) is 0 Å². The first-order valence-corrected chi connectivity index (χ1v) is 5.39. The SMILES string of the molecule is SCCCCC=Cc1ccccc1. The van der Waals surface area contributed by atoms with Gasteiger partial charge >= 0.3 is 0 Å². The van der Waals surface area contributed by atoms with Gasteiger partial charge in [-0.25, -0.2) is 0 Å². The third-order valence-corrected chi connectivity index (χ3v) is 2.21. The van der Waals surface area contributed by atoms with E-state index < -0.39 is 0 Å². The third-order valence-electron chi connectivity index (χ3n) is 1.89. The summed E-state index contributed by atoms with van der Waals surface area (Å²) in [6.45, 7) is 0. The van der Waals surface area contributed by atoms with E-state index in [1.165, 1.54) is 18.4 Å². The molecule has 0 bridgehead atoms. The average molecular weight is 192 g/mol. The van der Waals surface area contributed by atoms with Crippen molar-refractivity contribution in [1.29, 1.82) is 0 Å². The molecule has 1 aromatic rings. The Hall–Kier alpha value is -0.690. The Labute approximate surface area is 86.1 Å². The highest BCUT2D eigenvalue weighted by atomic mass is 32.1. The number of unbranched alkanes of at least 4 members (excludes halogenated alkanes) is 2. The molecule has 0 amide bonds. The lowest BCUT2D eigenvalue weighted by molar-refractivity contribution is 0.826. The summed E-state index contributed by atoms with van der Waals surface area (Å²) in [7, 11) is 0. The van der Waals surface area contributed by atoms with Crippen molar-refractivity contribution in [2.75, 3.05) is 5.75 Å². The van der Waals surface area contributed by atoms with Crippen molar-refractivity contribution >= 4 is 18.7 Å². The lowest BCUT2D eigenvalue weighted by Gasteiger charge is -1.92. The molecule has 1 aromatic carbocycles. The fraction of sp³-hybridized carbons (Fsp3) is 0.333. The fourth-order valence-electron chi connectivity index (χ4n) is 1.16. The Morgan fingerprint density at radius 3 is 2.54 bits per heavy atom. The van der Waals surface area contributed by atoms with Crippen LogP contribution in [0.4, 0.5) is 0 Å². The summed E-state index contributed by atoms with van der Waals surface area (Å²) in [5, 5.41) is 0. The van der Waals surface area contributed by atoms with Crippen LogP contribution in [0.2, 0.25) is 0 Å². The molecule has 0 N–H and O–H groups in total. The van der Waals surface area contributed by atoms with Gasteiger partial charge in [-0.3, -0.25) is 0 Å². The maximum atomic E-state index is 4.17. The van der Waals surface area contributed by atoms with Crippen LogP contribution in [0.25, 0.3) is 6.08 Å². The van der Waals surface area contributed by atoms with Gasteiger partial charge in [-0.05, 0) is 30.6 Å². The van der Waals surface area contributed by atoms with Gasteiger partial charge in [0.05, 0.1) is 0 Å². The van der Waals surface area contributed by atoms with Crippen LogP contribution in [0.5, 0.6) is 0 Å². The number of thiol groups is 1. The molecule has 0 spiro atoms. The first kappa shape index (κ1) is 10.4. The summed E-state index contributed by atoms with van der Waals surface area (Å²) in [6.07, 6.45) is 8.03. The van der Waals surface area contributed by atoms with Crippen LogP contribution in [0, 0.1) is 0 Å². The summed E-state index contributed by atoms with van der Waals surface area (Å²) in [5.74, 6) is 0.999. The van der Waals surface area contributed by atoms with Gasteiger partial charge in [0.25, 0.3) is 0 Å². The zero-order valence-corrected chi connectivity index (χ0v) is 8.71. The summed E-state index contributed by atoms with van der Waals surface area (Å²) >= 11 is 4.17. The van der Waals surface area contributed by atoms with E-state index in [0.29, 0.717) is 0 Å². The standard InChI is InChI=1S/C12H16S/c13-11-7-2-1-4-8-12-9-5-3-6-10-12/h3-6,8-10,13H,1-2,7,11H2. The zero-order chi connectivity index (χ0) is 9.36. The summed E-state index contributed by atoms with van der Waals surface area (Å²) in [4.78, 5) is 0. The molecule has 0 atom stereocenters. The average Bonchev–Trinajstić information content (AvgIpc) is 2.19. The molecule has 1 rings (SSSR count). The molecule has 0 aliphatic carbocycles. The monoisotopic (exact) mass is 192 g/mol. The van der Waals surface area contributed by atoms with Crippen molar-refractivity contribution in [3.8, 4) is 0 Å². The normalized spacial score (nSPS) is 10.8. The van der Waals surface area contributed by atoms with Crippen LogP contribution in [-0.4, -0.2) is 5.75 Å². The van der Waals surface area contributed by atoms with Crippen molar-refractivity contribution in [1.82, 2.24) is 0 Å². The molecule has 0 aliphatic rings. The van der Waals surface area contributed by atoms with E-state index in [1.807, 2.05) is 6.07 Å². The third kappa shape index (κ3) is 4.79. The van der Waals surface area contributed by atoms with Gasteiger partial charge in [-0.1, -0.05) is 42.5 Å². The van der Waals surface area contributed by atoms with Crippen molar-refractivity contribution in [3.63, 3.8) is 0 Å². The Bertz CT molecular complexity index is 239. The topological polar surface area (TPSA) is 0 Å². The summed E-state index contributed by atoms with van der Waals surface area (Å²) in [5.41, 5.74) is 1.29. The molecule has 1 heteroatoms. The van der Waals surface area contributed by atoms with Gasteiger partial charge in [0.1, 0.15) is 0 Å². The number of benzene rings is 1. The molecule has 0 radical (unpaired) electrons. The second-order valence-corrected chi connectivity index (χ2v) is 3.48. The first-order chi connectivity index (χ1) is 6.43. The van der Waals surface area contributed by atoms with E-state index in [0.717, 1.165) is 12.2 Å². The second-order valence-electron chi connectivity index (χ2n) is 3.03. The molecule has 0 aromatic heterocycles. The van der Waals surface area contributed by atoms with E-state index in [1.54, 1.807) is 0 Å². The molecule has 0 nitrogen and oxygen atoms in total. The zero-order valence-electron chi connectivity index (χ0n) is 7.82. The Balaban J connectivity index is 2.25. The van der Waals surface area contributed by atoms with E-state index in [-0.39, 0.29) is 0 Å². The van der Waals surface area contributed by atoms with Gasteiger partial charge in [-0.2, -0.15) is 12.6 Å². The lowest BCUT2D eigenvalue weighted by Crippen LogP contribution is -1.74. The van der Waals surface area contributed by atoms with Gasteiger partial charge in [0.2, 0.25) is 0 Å². The van der Waals surface area contributed by atoms with E-state index in [4.69, 9.17) is 0 Å². The summed E-state index contributed by atoms with van der Waals surface area (Å²) < 4.78 is 0. The fourth-order valence-corrected chi connectivity index (χ4v) is 1.38. The minimum atomic E-state index is 0.999. The molecular formula is C12H16S. The molecule has 0 unspecified atom stereocenters. The highest BCUT2D eigenvalue weighted by Gasteiger charge is 1.83. The Morgan fingerprint density at radius 2 is 1.85 bits per heavy atom. The number of hydrogen-bond acceptors (Lipinski definition) is 1. The highest BCUT2D eigenvalue weighted by molar-refractivity contribution is 7.80. The smallest absolute Gasteiger partial charge is 0.00978 e. The van der Waals surface area contributed by atoms with Crippen molar-refractivity contribution in [2.24, 2.45) is 0 Å². The van der Waals surface area contributed by atoms with Crippen LogP contribution in [0.15, 0.2) is 36.4 Å². The maximum absolute atomic E-state index is 4.17. The van der Waals surface area contributed by atoms with Crippen molar-refractivity contribution in [3.05, 3.63) is 42.0 Å². The molecule has 0 aliphatic heterocycles. The molecule has 0 heterocycles. The molecule has 0 fully saturated rings. The molecular weight excluding hydrogens is 176 g/mol. The molecule has 70 valence electrons. The van der Waals surface area contributed by atoms with Crippen LogP contribution >= 0.6 is 12.6 Å². The van der Waals surface area contributed by atoms with Gasteiger partial charge in [-0.15, -0.1) is 0 Å². The lowest BCUT2D eigenvalue weighted by atomic mass is 10.2. The summed E-state index contributed by atoms with van der Waals surface area (Å²) in [6, 6.07) is 10.4. The largest absolute Gasteiger partial charge is 0.179 e. The van der Waals surface area contributed by atoms with Crippen LogP contribution in [0.1, 0.15) is 24.8 Å². The predicted molar refractivity (Wildman–Crippen MR) is 63.2 cm³/mol. The van der Waals surface area contributed by atoms with Crippen molar-refractivity contribution in [2.45, 2.75) is 19.3 Å². The Kier molecular flexibility index (Phi) is 5.42. The molecule has 0 saturated heterocycles. The number of allylic oxidation sites excluding steroid dienone is 1. The maximum Gasteiger partial charge on any atom is -0.00978 e. The number of hydrogen-bond donors (Lipinski definition) is 1. The highest BCUT2D eigenvalue weighted by Crippen LogP contribution is 2.04. The minimum Gasteiger partial charge on any atom is -0.179 e. The van der Waals surface area contributed by atoms with Crippen LogP contribution < -0.4 is 0 Å². The molecule has 13 heavy (non-hydrogen) atoms. The predicted octanol–water partition coefficient (Wildman–Crippen LogP) is 3.80. The van der Waals surface area contributed by atoms with E-state index in [2.05, 4.69) is 49.0 Å². The van der Waals surface area contributed by atoms with Crippen molar-refractivity contribution < 1.29 is 0 Å². The minimum absolute atomic E-state index is 0.999. The Morgan fingerprint density at radius 1 is 1.08 bits per heavy atom. The number of rotatable bonds is 5. The molecule has 0 saturated carbocycles. The van der Waals surface area contributed by atoms with E-state index in [9.17, 15) is 0 Å². The quantitative estimate of drug-likeness (QED) is 0.532. The first-order valence-electron chi connectivity index (χ1n) is 4.76. The van der Waals surface area contributed by atoms with Gasteiger partial charge in [0.15, 0.2) is 0 Å². The van der Waals surface area contributed by atoms with E-state index >= 15 is 0 Å².